The van der Waals surface area contributed by atoms with Gasteiger partial charge in [0, 0.05) is 17.1 Å². The van der Waals surface area contributed by atoms with Crippen LogP contribution in [0.2, 0.25) is 0 Å². The normalized spacial score (nSPS) is 10.8. The first-order valence-electron chi connectivity index (χ1n) is 5.72. The number of carbonyl (C=O) groups is 1. The summed E-state index contributed by atoms with van der Waals surface area (Å²) in [7, 11) is 0. The Balaban J connectivity index is 2.52. The van der Waals surface area contributed by atoms with Gasteiger partial charge in [0.2, 0.25) is 0 Å². The fourth-order valence-corrected chi connectivity index (χ4v) is 2.37. The minimum absolute atomic E-state index is 0.00306. The molecule has 1 aromatic heterocycles. The monoisotopic (exact) mass is 240 g/mol. The van der Waals surface area contributed by atoms with Gasteiger partial charge in [-0.2, -0.15) is 0 Å². The quantitative estimate of drug-likeness (QED) is 0.831. The van der Waals surface area contributed by atoms with Crippen LogP contribution < -0.4 is 11.1 Å². The second-order valence-corrected chi connectivity index (χ2v) is 5.27. The van der Waals surface area contributed by atoms with Gasteiger partial charge in [-0.3, -0.25) is 4.79 Å². The van der Waals surface area contributed by atoms with Gasteiger partial charge in [-0.05, 0) is 18.9 Å². The Morgan fingerprint density at radius 2 is 2.12 bits per heavy atom. The highest BCUT2D eigenvalue weighted by Crippen LogP contribution is 2.23. The number of rotatable bonds is 5. The number of amides is 1. The summed E-state index contributed by atoms with van der Waals surface area (Å²) >= 11 is 1.45. The number of carbonyl (C=O) groups excluding carboxylic acids is 1. The Labute approximate surface area is 101 Å². The van der Waals surface area contributed by atoms with Gasteiger partial charge in [-0.1, -0.05) is 26.7 Å². The molecule has 0 aliphatic heterocycles. The third kappa shape index (κ3) is 3.23. The highest BCUT2D eigenvalue weighted by atomic mass is 32.1. The number of nitrogens with two attached hydrogens (primary N) is 1. The van der Waals surface area contributed by atoms with Crippen LogP contribution in [0.25, 0.3) is 0 Å². The number of aryl methyl sites for hydroxylation is 1. The van der Waals surface area contributed by atoms with Gasteiger partial charge in [0.1, 0.15) is 0 Å². The molecule has 0 aliphatic rings. The van der Waals surface area contributed by atoms with E-state index in [4.69, 9.17) is 5.73 Å². The molecule has 0 unspecified atom stereocenters. The van der Waals surface area contributed by atoms with E-state index in [1.54, 1.807) is 6.07 Å². The minimum Gasteiger partial charge on any atom is -0.398 e. The van der Waals surface area contributed by atoms with E-state index in [-0.39, 0.29) is 5.91 Å². The standard InChI is InChI=1S/C12H20N2OS/c1-4-9(5-2)7-14-12(15)11-6-10(13)8(3)16-11/h6,9H,4-5,7,13H2,1-3H3,(H,14,15). The van der Waals surface area contributed by atoms with Crippen LogP contribution in [-0.4, -0.2) is 12.5 Å². The van der Waals surface area contributed by atoms with Crippen molar-refractivity contribution in [2.24, 2.45) is 5.92 Å². The number of nitrogen functional groups attached to an aromatic ring is 1. The van der Waals surface area contributed by atoms with Gasteiger partial charge in [0.15, 0.2) is 0 Å². The molecular formula is C12H20N2OS. The first-order chi connectivity index (χ1) is 7.58. The third-order valence-corrected chi connectivity index (χ3v) is 3.95. The van der Waals surface area contributed by atoms with Gasteiger partial charge in [0.25, 0.3) is 5.91 Å². The summed E-state index contributed by atoms with van der Waals surface area (Å²) in [4.78, 5) is 13.5. The Hall–Kier alpha value is -1.03. The predicted molar refractivity (Wildman–Crippen MR) is 69.9 cm³/mol. The summed E-state index contributed by atoms with van der Waals surface area (Å²) in [5.41, 5.74) is 6.42. The molecule has 1 amide bonds. The summed E-state index contributed by atoms with van der Waals surface area (Å²) in [6, 6.07) is 1.75. The highest BCUT2D eigenvalue weighted by molar-refractivity contribution is 7.14. The molecule has 0 atom stereocenters. The van der Waals surface area contributed by atoms with E-state index in [2.05, 4.69) is 19.2 Å². The number of hydrogen-bond acceptors (Lipinski definition) is 3. The molecule has 1 heterocycles. The molecule has 1 aromatic rings. The van der Waals surface area contributed by atoms with Gasteiger partial charge in [-0.15, -0.1) is 11.3 Å². The van der Waals surface area contributed by atoms with Crippen molar-refractivity contribution >= 4 is 22.9 Å². The molecule has 0 aromatic carbocycles. The van der Waals surface area contributed by atoms with Crippen LogP contribution in [0.4, 0.5) is 5.69 Å². The largest absolute Gasteiger partial charge is 0.398 e. The van der Waals surface area contributed by atoms with Crippen LogP contribution >= 0.6 is 11.3 Å². The Morgan fingerprint density at radius 1 is 1.50 bits per heavy atom. The van der Waals surface area contributed by atoms with Crippen LogP contribution in [0.15, 0.2) is 6.07 Å². The molecule has 16 heavy (non-hydrogen) atoms. The van der Waals surface area contributed by atoms with Gasteiger partial charge < -0.3 is 11.1 Å². The van der Waals surface area contributed by atoms with Crippen LogP contribution in [0.1, 0.15) is 41.2 Å². The molecule has 4 heteroatoms. The fourth-order valence-electron chi connectivity index (χ4n) is 1.51. The lowest BCUT2D eigenvalue weighted by molar-refractivity contribution is 0.0950. The second kappa shape index (κ2) is 5.89. The van der Waals surface area contributed by atoms with Crippen LogP contribution in [0, 0.1) is 12.8 Å². The van der Waals surface area contributed by atoms with Crippen LogP contribution in [0.5, 0.6) is 0 Å². The maximum atomic E-state index is 11.8. The van der Waals surface area contributed by atoms with E-state index in [0.29, 0.717) is 16.5 Å². The first kappa shape index (κ1) is 13.0. The molecule has 3 N–H and O–H groups in total. The predicted octanol–water partition coefficient (Wildman–Crippen LogP) is 2.80. The molecule has 0 radical (unpaired) electrons. The van der Waals surface area contributed by atoms with E-state index in [0.717, 1.165) is 24.3 Å². The minimum atomic E-state index is -0.00306. The molecule has 0 bridgehead atoms. The Kier molecular flexibility index (Phi) is 4.80. The zero-order valence-electron chi connectivity index (χ0n) is 10.2. The molecular weight excluding hydrogens is 220 g/mol. The summed E-state index contributed by atoms with van der Waals surface area (Å²) < 4.78 is 0. The Morgan fingerprint density at radius 3 is 2.56 bits per heavy atom. The lowest BCUT2D eigenvalue weighted by Gasteiger charge is -2.12. The number of anilines is 1. The smallest absolute Gasteiger partial charge is 0.261 e. The zero-order chi connectivity index (χ0) is 12.1. The van der Waals surface area contributed by atoms with Crippen molar-refractivity contribution in [3.8, 4) is 0 Å². The molecule has 90 valence electrons. The van der Waals surface area contributed by atoms with E-state index in [1.165, 1.54) is 11.3 Å². The van der Waals surface area contributed by atoms with Crippen molar-refractivity contribution in [2.75, 3.05) is 12.3 Å². The van der Waals surface area contributed by atoms with Gasteiger partial charge in [-0.25, -0.2) is 0 Å². The summed E-state index contributed by atoms with van der Waals surface area (Å²) in [6.45, 7) is 6.97. The van der Waals surface area contributed by atoms with Gasteiger partial charge in [0.05, 0.1) is 4.88 Å². The van der Waals surface area contributed by atoms with Crippen molar-refractivity contribution in [1.82, 2.24) is 5.32 Å². The second-order valence-electron chi connectivity index (χ2n) is 4.01. The molecule has 0 spiro atoms. The average Bonchev–Trinajstić information content (AvgIpc) is 2.60. The SMILES string of the molecule is CCC(CC)CNC(=O)c1cc(N)c(C)s1. The number of thiophene rings is 1. The topological polar surface area (TPSA) is 55.1 Å². The molecule has 0 saturated carbocycles. The fraction of sp³-hybridized carbons (Fsp3) is 0.583. The van der Waals surface area contributed by atoms with E-state index < -0.39 is 0 Å². The summed E-state index contributed by atoms with van der Waals surface area (Å²) in [5, 5.41) is 2.96. The van der Waals surface area contributed by atoms with E-state index >= 15 is 0 Å². The number of hydrogen-bond donors (Lipinski definition) is 2. The van der Waals surface area contributed by atoms with Gasteiger partial charge >= 0.3 is 0 Å². The van der Waals surface area contributed by atoms with Crippen LogP contribution in [0.3, 0.4) is 0 Å². The Bertz CT molecular complexity index is 336. The molecule has 1 rings (SSSR count). The van der Waals surface area contributed by atoms with Crippen LogP contribution in [-0.2, 0) is 0 Å². The molecule has 3 nitrogen and oxygen atoms in total. The van der Waals surface area contributed by atoms with Crippen molar-refractivity contribution < 1.29 is 4.79 Å². The molecule has 0 fully saturated rings. The third-order valence-electron chi connectivity index (χ3n) is 2.89. The zero-order valence-corrected chi connectivity index (χ0v) is 11.0. The average molecular weight is 240 g/mol. The van der Waals surface area contributed by atoms with Crippen molar-refractivity contribution in [3.63, 3.8) is 0 Å². The maximum absolute atomic E-state index is 11.8. The lowest BCUT2D eigenvalue weighted by atomic mass is 10.0. The lowest BCUT2D eigenvalue weighted by Crippen LogP contribution is -2.28. The highest BCUT2D eigenvalue weighted by Gasteiger charge is 2.12. The van der Waals surface area contributed by atoms with E-state index in [9.17, 15) is 4.79 Å². The van der Waals surface area contributed by atoms with E-state index in [1.807, 2.05) is 6.92 Å². The maximum Gasteiger partial charge on any atom is 0.261 e. The number of nitrogens with one attached hydrogen (secondary N) is 1. The molecule has 0 aliphatic carbocycles. The summed E-state index contributed by atoms with van der Waals surface area (Å²) in [6.07, 6.45) is 2.20. The van der Waals surface area contributed by atoms with Crippen molar-refractivity contribution in [3.05, 3.63) is 15.8 Å². The first-order valence-corrected chi connectivity index (χ1v) is 6.54. The summed E-state index contributed by atoms with van der Waals surface area (Å²) in [5.74, 6) is 0.569. The molecule has 0 saturated heterocycles. The van der Waals surface area contributed by atoms with Crippen molar-refractivity contribution in [2.45, 2.75) is 33.6 Å². The van der Waals surface area contributed by atoms with Crippen molar-refractivity contribution in [1.29, 1.82) is 0 Å².